The van der Waals surface area contributed by atoms with Gasteiger partial charge in [0.15, 0.2) is 0 Å². The second-order valence-corrected chi connectivity index (χ2v) is 5.25. The molecule has 1 N–H and O–H groups in total. The van der Waals surface area contributed by atoms with E-state index >= 15 is 0 Å². The summed E-state index contributed by atoms with van der Waals surface area (Å²) >= 11 is 0.737. The van der Waals surface area contributed by atoms with Crippen molar-refractivity contribution < 1.29 is 13.2 Å². The van der Waals surface area contributed by atoms with Gasteiger partial charge in [-0.3, -0.25) is 4.90 Å². The van der Waals surface area contributed by atoms with Crippen molar-refractivity contribution in [2.75, 3.05) is 19.6 Å². The third-order valence-electron chi connectivity index (χ3n) is 2.81. The highest BCUT2D eigenvalue weighted by Gasteiger charge is 2.33. The molecule has 1 saturated heterocycles. The summed E-state index contributed by atoms with van der Waals surface area (Å²) in [7, 11) is 0. The minimum atomic E-state index is -4.27. The van der Waals surface area contributed by atoms with E-state index in [9.17, 15) is 13.2 Å². The molecule has 8 heteroatoms. The van der Waals surface area contributed by atoms with Crippen LogP contribution in [-0.4, -0.2) is 35.6 Å². The zero-order chi connectivity index (χ0) is 12.5. The Bertz CT molecular complexity index is 383. The fourth-order valence-electron chi connectivity index (χ4n) is 1.81. The van der Waals surface area contributed by atoms with Gasteiger partial charge >= 0.3 is 6.18 Å². The molecule has 1 unspecified atom stereocenters. The topological polar surface area (TPSA) is 28.2 Å². The molecule has 0 saturated carbocycles. The zero-order valence-corrected chi connectivity index (χ0v) is 11.5. The van der Waals surface area contributed by atoms with Crippen LogP contribution in [0.4, 0.5) is 13.2 Å². The molecule has 2 rings (SSSR count). The van der Waals surface area contributed by atoms with Gasteiger partial charge in [-0.15, -0.1) is 23.7 Å². The summed E-state index contributed by atoms with van der Waals surface area (Å²) in [6.07, 6.45) is -3.35. The molecule has 3 nitrogen and oxygen atoms in total. The van der Waals surface area contributed by atoms with Crippen molar-refractivity contribution in [2.24, 2.45) is 0 Å². The molecule has 1 aromatic heterocycles. The molecule has 0 aromatic carbocycles. The normalized spacial score (nSPS) is 21.7. The van der Waals surface area contributed by atoms with Crippen LogP contribution in [0.15, 0.2) is 6.20 Å². The molecule has 1 aliphatic rings. The summed E-state index contributed by atoms with van der Waals surface area (Å²) in [6.45, 7) is 5.16. The molecule has 1 aromatic rings. The van der Waals surface area contributed by atoms with Crippen LogP contribution < -0.4 is 5.32 Å². The maximum atomic E-state index is 12.4. The molecular formula is C10H15ClF3N3S. The minimum absolute atomic E-state index is 0. The third-order valence-corrected chi connectivity index (χ3v) is 3.84. The number of nitrogens with one attached hydrogen (secondary N) is 1. The van der Waals surface area contributed by atoms with Crippen LogP contribution in [-0.2, 0) is 12.7 Å². The van der Waals surface area contributed by atoms with Crippen LogP contribution >= 0.6 is 23.7 Å². The first-order valence-electron chi connectivity index (χ1n) is 5.43. The van der Waals surface area contributed by atoms with E-state index in [1.54, 1.807) is 0 Å². The monoisotopic (exact) mass is 301 g/mol. The lowest BCUT2D eigenvalue weighted by Crippen LogP contribution is -2.49. The van der Waals surface area contributed by atoms with Gasteiger partial charge in [-0.05, 0) is 6.92 Å². The van der Waals surface area contributed by atoms with E-state index in [1.807, 2.05) is 0 Å². The Morgan fingerprint density at radius 3 is 2.83 bits per heavy atom. The SMILES string of the molecule is CC1CNCCN1Cc1ncc(C(F)(F)F)s1.Cl. The molecule has 1 atom stereocenters. The second kappa shape index (κ2) is 6.18. The zero-order valence-electron chi connectivity index (χ0n) is 9.83. The largest absolute Gasteiger partial charge is 0.427 e. The number of rotatable bonds is 2. The number of halogens is 4. The van der Waals surface area contributed by atoms with Gasteiger partial charge in [0.05, 0.1) is 12.7 Å². The molecule has 2 heterocycles. The van der Waals surface area contributed by atoms with Crippen LogP contribution in [0.3, 0.4) is 0 Å². The average Bonchev–Trinajstić information content (AvgIpc) is 2.69. The van der Waals surface area contributed by atoms with E-state index in [4.69, 9.17) is 0 Å². The molecule has 0 spiro atoms. The van der Waals surface area contributed by atoms with E-state index in [0.29, 0.717) is 17.6 Å². The average molecular weight is 302 g/mol. The molecule has 0 radical (unpaired) electrons. The Kier molecular flexibility index (Phi) is 5.39. The quantitative estimate of drug-likeness (QED) is 0.909. The Morgan fingerprint density at radius 1 is 1.56 bits per heavy atom. The van der Waals surface area contributed by atoms with Crippen LogP contribution in [0.25, 0.3) is 0 Å². The Balaban J connectivity index is 0.00000162. The van der Waals surface area contributed by atoms with Crippen molar-refractivity contribution >= 4 is 23.7 Å². The van der Waals surface area contributed by atoms with Crippen molar-refractivity contribution in [2.45, 2.75) is 25.7 Å². The summed E-state index contributed by atoms with van der Waals surface area (Å²) in [5.74, 6) is 0. The lowest BCUT2D eigenvalue weighted by Gasteiger charge is -2.33. The highest BCUT2D eigenvalue weighted by molar-refractivity contribution is 7.11. The van der Waals surface area contributed by atoms with E-state index in [0.717, 1.165) is 37.2 Å². The van der Waals surface area contributed by atoms with Gasteiger partial charge in [-0.1, -0.05) is 0 Å². The number of alkyl halides is 3. The molecule has 104 valence electrons. The molecule has 1 aliphatic heterocycles. The van der Waals surface area contributed by atoms with Crippen LogP contribution in [0.2, 0.25) is 0 Å². The number of hydrogen-bond donors (Lipinski definition) is 1. The van der Waals surface area contributed by atoms with Gasteiger partial charge in [0.2, 0.25) is 0 Å². The number of hydrogen-bond acceptors (Lipinski definition) is 4. The van der Waals surface area contributed by atoms with Gasteiger partial charge in [-0.25, -0.2) is 4.98 Å². The van der Waals surface area contributed by atoms with Crippen LogP contribution in [0.5, 0.6) is 0 Å². The standard InChI is InChI=1S/C10H14F3N3S.ClH/c1-7-4-14-2-3-16(7)6-9-15-5-8(17-9)10(11,12)13;/h5,7,14H,2-4,6H2,1H3;1H. The van der Waals surface area contributed by atoms with E-state index in [2.05, 4.69) is 22.1 Å². The highest BCUT2D eigenvalue weighted by Crippen LogP contribution is 2.33. The van der Waals surface area contributed by atoms with Crippen molar-refractivity contribution in [3.63, 3.8) is 0 Å². The number of aromatic nitrogens is 1. The van der Waals surface area contributed by atoms with E-state index < -0.39 is 11.1 Å². The molecule has 1 fully saturated rings. The van der Waals surface area contributed by atoms with Crippen molar-refractivity contribution in [3.05, 3.63) is 16.1 Å². The molecule has 0 aliphatic carbocycles. The van der Waals surface area contributed by atoms with Crippen molar-refractivity contribution in [3.8, 4) is 0 Å². The fourth-order valence-corrected chi connectivity index (χ4v) is 2.62. The molecule has 0 amide bonds. The first-order valence-corrected chi connectivity index (χ1v) is 6.25. The van der Waals surface area contributed by atoms with Gasteiger partial charge < -0.3 is 5.32 Å². The summed E-state index contributed by atoms with van der Waals surface area (Å²) in [6, 6.07) is 0.335. The first-order chi connectivity index (χ1) is 7.97. The molecule has 18 heavy (non-hydrogen) atoms. The maximum Gasteiger partial charge on any atom is 0.427 e. The summed E-state index contributed by atoms with van der Waals surface area (Å²) in [5.41, 5.74) is 0. The second-order valence-electron chi connectivity index (χ2n) is 4.14. The molecule has 0 bridgehead atoms. The molecular weight excluding hydrogens is 287 g/mol. The van der Waals surface area contributed by atoms with Crippen molar-refractivity contribution in [1.29, 1.82) is 0 Å². The summed E-state index contributed by atoms with van der Waals surface area (Å²) in [4.78, 5) is 5.38. The van der Waals surface area contributed by atoms with E-state index in [1.165, 1.54) is 0 Å². The first kappa shape index (κ1) is 15.7. The Morgan fingerprint density at radius 2 is 2.28 bits per heavy atom. The summed E-state index contributed by atoms with van der Waals surface area (Å²) in [5, 5.41) is 3.77. The highest BCUT2D eigenvalue weighted by atomic mass is 35.5. The minimum Gasteiger partial charge on any atom is -0.314 e. The number of piperazine rings is 1. The van der Waals surface area contributed by atoms with Crippen LogP contribution in [0.1, 0.15) is 16.8 Å². The Hall–Kier alpha value is -0.370. The van der Waals surface area contributed by atoms with E-state index in [-0.39, 0.29) is 12.4 Å². The lowest BCUT2D eigenvalue weighted by atomic mass is 10.2. The maximum absolute atomic E-state index is 12.4. The predicted molar refractivity (Wildman–Crippen MR) is 67.1 cm³/mol. The number of nitrogens with zero attached hydrogens (tertiary/aromatic N) is 2. The van der Waals surface area contributed by atoms with Crippen LogP contribution in [0, 0.1) is 0 Å². The van der Waals surface area contributed by atoms with Gasteiger partial charge in [0.1, 0.15) is 9.88 Å². The summed E-state index contributed by atoms with van der Waals surface area (Å²) < 4.78 is 37.2. The number of thiazole rings is 1. The van der Waals surface area contributed by atoms with Gasteiger partial charge in [-0.2, -0.15) is 13.2 Å². The Labute approximate surface area is 114 Å². The van der Waals surface area contributed by atoms with Gasteiger partial charge in [0, 0.05) is 25.7 Å². The van der Waals surface area contributed by atoms with Gasteiger partial charge in [0.25, 0.3) is 0 Å². The third kappa shape index (κ3) is 3.81. The fraction of sp³-hybridized carbons (Fsp3) is 0.700. The van der Waals surface area contributed by atoms with Crippen molar-refractivity contribution in [1.82, 2.24) is 15.2 Å². The predicted octanol–water partition coefficient (Wildman–Crippen LogP) is 2.38. The lowest BCUT2D eigenvalue weighted by molar-refractivity contribution is -0.134. The smallest absolute Gasteiger partial charge is 0.314 e.